The van der Waals surface area contributed by atoms with Crippen LogP contribution in [0.2, 0.25) is 0 Å². The van der Waals surface area contributed by atoms with E-state index in [-0.39, 0.29) is 11.5 Å². The van der Waals surface area contributed by atoms with E-state index >= 15 is 0 Å². The summed E-state index contributed by atoms with van der Waals surface area (Å²) in [5, 5.41) is 12.3. The van der Waals surface area contributed by atoms with Crippen LogP contribution < -0.4 is 4.74 Å². The largest absolute Gasteiger partial charge is 0.512 e. The van der Waals surface area contributed by atoms with Crippen molar-refractivity contribution in [2.45, 2.75) is 25.4 Å². The summed E-state index contributed by atoms with van der Waals surface area (Å²) in [4.78, 5) is 12.2. The second-order valence-electron chi connectivity index (χ2n) is 5.34. The van der Waals surface area contributed by atoms with Gasteiger partial charge < -0.3 is 9.84 Å². The molecule has 0 bridgehead atoms. The van der Waals surface area contributed by atoms with Gasteiger partial charge in [-0.1, -0.05) is 30.3 Å². The number of carbonyl (C=O) groups excluding carboxylic acids is 1. The molecule has 0 aromatic heterocycles. The third kappa shape index (κ3) is 1.49. The summed E-state index contributed by atoms with van der Waals surface area (Å²) < 4.78 is 5.96. The Kier molecular flexibility index (Phi) is 2.36. The molecule has 100 valence electrons. The highest BCUT2D eigenvalue weighted by atomic mass is 16.5. The lowest BCUT2D eigenvalue weighted by atomic mass is 9.88. The summed E-state index contributed by atoms with van der Waals surface area (Å²) >= 11 is 0. The molecular weight excluding hydrogens is 252 g/mol. The van der Waals surface area contributed by atoms with E-state index in [0.29, 0.717) is 18.4 Å². The van der Waals surface area contributed by atoms with Crippen molar-refractivity contribution in [1.82, 2.24) is 0 Å². The fourth-order valence-electron chi connectivity index (χ4n) is 3.20. The summed E-state index contributed by atoms with van der Waals surface area (Å²) in [5.41, 5.74) is 1.43. The van der Waals surface area contributed by atoms with Crippen LogP contribution in [-0.2, 0) is 4.79 Å². The van der Waals surface area contributed by atoms with E-state index in [1.807, 2.05) is 36.4 Å². The molecule has 1 aliphatic heterocycles. The first kappa shape index (κ1) is 11.5. The van der Waals surface area contributed by atoms with Crippen LogP contribution in [0.3, 0.4) is 0 Å². The molecule has 0 amide bonds. The first-order valence-electron chi connectivity index (χ1n) is 6.89. The van der Waals surface area contributed by atoms with Gasteiger partial charge in [0.2, 0.25) is 0 Å². The molecule has 4 rings (SSSR count). The van der Waals surface area contributed by atoms with Crippen LogP contribution in [0.4, 0.5) is 0 Å². The standard InChI is InChI=1S/C17H14O3/c18-12-7-3-8-13(19)16(12)17-11-6-1-4-10-5-2-9-14(20-17)15(10)11/h1-2,4-6,9,17-18H,3,7-8H2/t17-/m1/s1. The lowest BCUT2D eigenvalue weighted by Gasteiger charge is -2.21. The number of Topliss-reactive ketones (excluding diaryl/α,β-unsaturated/α-hetero) is 1. The van der Waals surface area contributed by atoms with Gasteiger partial charge >= 0.3 is 0 Å². The molecule has 1 heterocycles. The molecule has 3 heteroatoms. The van der Waals surface area contributed by atoms with Crippen molar-refractivity contribution < 1.29 is 14.6 Å². The summed E-state index contributed by atoms with van der Waals surface area (Å²) in [6.45, 7) is 0. The first-order chi connectivity index (χ1) is 9.75. The van der Waals surface area contributed by atoms with Crippen LogP contribution in [0.15, 0.2) is 47.7 Å². The molecule has 0 spiro atoms. The summed E-state index contributed by atoms with van der Waals surface area (Å²) in [5.74, 6) is 0.987. The van der Waals surface area contributed by atoms with Crippen molar-refractivity contribution in [3.63, 3.8) is 0 Å². The number of allylic oxidation sites excluding steroid dienone is 1. The first-order valence-corrected chi connectivity index (χ1v) is 6.89. The summed E-state index contributed by atoms with van der Waals surface area (Å²) in [6, 6.07) is 11.9. The number of hydrogen-bond donors (Lipinski definition) is 1. The van der Waals surface area contributed by atoms with Crippen molar-refractivity contribution in [2.75, 3.05) is 0 Å². The second-order valence-corrected chi connectivity index (χ2v) is 5.34. The molecule has 2 aliphatic rings. The number of hydrogen-bond acceptors (Lipinski definition) is 3. The number of ether oxygens (including phenoxy) is 1. The van der Waals surface area contributed by atoms with Crippen LogP contribution in [0, 0.1) is 0 Å². The number of rotatable bonds is 1. The molecule has 3 nitrogen and oxygen atoms in total. The van der Waals surface area contributed by atoms with Crippen molar-refractivity contribution in [2.24, 2.45) is 0 Å². The molecule has 2 aromatic carbocycles. The highest BCUT2D eigenvalue weighted by Gasteiger charge is 2.35. The molecular formula is C17H14O3. The maximum absolute atomic E-state index is 12.2. The third-order valence-corrected chi connectivity index (χ3v) is 4.12. The molecule has 1 N–H and O–H groups in total. The number of carbonyl (C=O) groups is 1. The number of aliphatic hydroxyl groups excluding tert-OH is 1. The molecule has 0 radical (unpaired) electrons. The Hall–Kier alpha value is -2.29. The lowest BCUT2D eigenvalue weighted by molar-refractivity contribution is -0.117. The van der Waals surface area contributed by atoms with Crippen molar-refractivity contribution in [3.8, 4) is 5.75 Å². The number of aliphatic hydroxyl groups is 1. The molecule has 1 aliphatic carbocycles. The fourth-order valence-corrected chi connectivity index (χ4v) is 3.20. The van der Waals surface area contributed by atoms with Crippen LogP contribution in [0.5, 0.6) is 5.75 Å². The maximum Gasteiger partial charge on any atom is 0.166 e. The average Bonchev–Trinajstić information content (AvgIpc) is 2.80. The van der Waals surface area contributed by atoms with Gasteiger partial charge in [0.15, 0.2) is 11.9 Å². The molecule has 0 saturated carbocycles. The third-order valence-electron chi connectivity index (χ3n) is 4.12. The van der Waals surface area contributed by atoms with Crippen molar-refractivity contribution in [1.29, 1.82) is 0 Å². The zero-order valence-corrected chi connectivity index (χ0v) is 10.9. The van der Waals surface area contributed by atoms with E-state index in [1.165, 1.54) is 0 Å². The average molecular weight is 266 g/mol. The van der Waals surface area contributed by atoms with Gasteiger partial charge in [0.25, 0.3) is 0 Å². The highest BCUT2D eigenvalue weighted by molar-refractivity contribution is 6.01. The smallest absolute Gasteiger partial charge is 0.166 e. The Balaban J connectivity index is 1.93. The normalized spacial score (nSPS) is 21.4. The van der Waals surface area contributed by atoms with E-state index < -0.39 is 6.10 Å². The van der Waals surface area contributed by atoms with E-state index in [1.54, 1.807) is 0 Å². The SMILES string of the molecule is O=C1CCCC(O)=C1[C@@H]1Oc2cccc3cccc1c23. The Bertz CT molecular complexity index is 753. The van der Waals surface area contributed by atoms with E-state index in [4.69, 9.17) is 4.74 Å². The highest BCUT2D eigenvalue weighted by Crippen LogP contribution is 2.46. The zero-order valence-electron chi connectivity index (χ0n) is 10.9. The molecule has 0 fully saturated rings. The van der Waals surface area contributed by atoms with Gasteiger partial charge in [0.05, 0.1) is 5.57 Å². The van der Waals surface area contributed by atoms with E-state index in [0.717, 1.165) is 28.5 Å². The Morgan fingerprint density at radius 2 is 1.90 bits per heavy atom. The van der Waals surface area contributed by atoms with Crippen LogP contribution in [0.1, 0.15) is 30.9 Å². The van der Waals surface area contributed by atoms with Crippen molar-refractivity contribution in [3.05, 3.63) is 53.3 Å². The molecule has 0 unspecified atom stereocenters. The Labute approximate surface area is 116 Å². The molecule has 2 aromatic rings. The predicted molar refractivity (Wildman–Crippen MR) is 75.8 cm³/mol. The van der Waals surface area contributed by atoms with Crippen LogP contribution >= 0.6 is 0 Å². The Morgan fingerprint density at radius 1 is 1.10 bits per heavy atom. The molecule has 20 heavy (non-hydrogen) atoms. The second kappa shape index (κ2) is 4.10. The summed E-state index contributed by atoms with van der Waals surface area (Å²) in [7, 11) is 0. The van der Waals surface area contributed by atoms with E-state index in [9.17, 15) is 9.90 Å². The van der Waals surface area contributed by atoms with Crippen LogP contribution in [0.25, 0.3) is 10.8 Å². The van der Waals surface area contributed by atoms with Gasteiger partial charge in [-0.15, -0.1) is 0 Å². The van der Waals surface area contributed by atoms with E-state index in [2.05, 4.69) is 0 Å². The fraction of sp³-hybridized carbons (Fsp3) is 0.235. The minimum absolute atomic E-state index is 0.00330. The quantitative estimate of drug-likeness (QED) is 0.853. The van der Waals surface area contributed by atoms with Gasteiger partial charge in [-0.2, -0.15) is 0 Å². The van der Waals surface area contributed by atoms with Gasteiger partial charge in [-0.25, -0.2) is 0 Å². The van der Waals surface area contributed by atoms with Crippen LogP contribution in [-0.4, -0.2) is 10.9 Å². The van der Waals surface area contributed by atoms with Gasteiger partial charge in [-0.3, -0.25) is 4.79 Å². The summed E-state index contributed by atoms with van der Waals surface area (Å²) in [6.07, 6.45) is 1.32. The predicted octanol–water partition coefficient (Wildman–Crippen LogP) is 3.84. The maximum atomic E-state index is 12.2. The Morgan fingerprint density at radius 3 is 2.70 bits per heavy atom. The number of ketones is 1. The molecule has 0 saturated heterocycles. The minimum atomic E-state index is -0.455. The van der Waals surface area contributed by atoms with Crippen molar-refractivity contribution >= 4 is 16.6 Å². The topological polar surface area (TPSA) is 46.5 Å². The monoisotopic (exact) mass is 266 g/mol. The zero-order chi connectivity index (χ0) is 13.7. The van der Waals surface area contributed by atoms with Gasteiger partial charge in [-0.05, 0) is 17.9 Å². The number of benzene rings is 2. The molecule has 1 atom stereocenters. The van der Waals surface area contributed by atoms with Gasteiger partial charge in [0.1, 0.15) is 11.5 Å². The minimum Gasteiger partial charge on any atom is -0.512 e. The van der Waals surface area contributed by atoms with Gasteiger partial charge in [0, 0.05) is 23.8 Å². The lowest BCUT2D eigenvalue weighted by Crippen LogP contribution is -2.20.